The number of hydrogen-bond acceptors (Lipinski definition) is 4. The SMILES string of the molecule is CC(C)(C(O)B1OCc2cc(F)ccc21)C(O)B1OCc2cc(F)ccc21. The number of rotatable bonds is 4. The smallest absolute Gasteiger partial charge is 0.357 e. The topological polar surface area (TPSA) is 58.9 Å². The molecule has 0 saturated carbocycles. The summed E-state index contributed by atoms with van der Waals surface area (Å²) < 4.78 is 38.3. The van der Waals surface area contributed by atoms with Crippen molar-refractivity contribution in [2.24, 2.45) is 5.41 Å². The molecule has 2 heterocycles. The van der Waals surface area contributed by atoms with Crippen LogP contribution in [0.3, 0.4) is 0 Å². The lowest BCUT2D eigenvalue weighted by molar-refractivity contribution is 0.0119. The summed E-state index contributed by atoms with van der Waals surface area (Å²) >= 11 is 0. The van der Waals surface area contributed by atoms with Gasteiger partial charge in [0.05, 0.1) is 25.2 Å². The first kappa shape index (κ1) is 18.6. The molecule has 0 spiro atoms. The van der Waals surface area contributed by atoms with E-state index in [9.17, 15) is 19.0 Å². The van der Waals surface area contributed by atoms with Crippen molar-refractivity contribution in [3.63, 3.8) is 0 Å². The number of benzene rings is 2. The number of aliphatic hydroxyl groups is 2. The van der Waals surface area contributed by atoms with Crippen LogP contribution in [0.1, 0.15) is 25.0 Å². The summed E-state index contributed by atoms with van der Waals surface area (Å²) in [6.45, 7) is 2.56. The molecule has 2 aromatic rings. The monoisotopic (exact) mass is 372 g/mol. The number of fused-ring (bicyclic) bond motifs is 2. The fourth-order valence-electron chi connectivity index (χ4n) is 3.97. The number of aliphatic hydroxyl groups excluding tert-OH is 2. The van der Waals surface area contributed by atoms with Crippen LogP contribution in [0, 0.1) is 17.0 Å². The van der Waals surface area contributed by atoms with Crippen LogP contribution in [0.4, 0.5) is 8.78 Å². The highest BCUT2D eigenvalue weighted by atomic mass is 19.1. The summed E-state index contributed by atoms with van der Waals surface area (Å²) in [4.78, 5) is 0. The Morgan fingerprint density at radius 1 is 0.852 bits per heavy atom. The molecular weight excluding hydrogens is 352 g/mol. The number of halogens is 2. The van der Waals surface area contributed by atoms with Crippen molar-refractivity contribution in [3.8, 4) is 0 Å². The lowest BCUT2D eigenvalue weighted by atomic mass is 9.42. The van der Waals surface area contributed by atoms with Crippen molar-refractivity contribution < 1.29 is 28.3 Å². The molecule has 4 nitrogen and oxygen atoms in total. The molecule has 8 heteroatoms. The molecule has 0 aliphatic carbocycles. The zero-order chi connectivity index (χ0) is 19.3. The first-order valence-corrected chi connectivity index (χ1v) is 8.95. The first-order chi connectivity index (χ1) is 12.8. The van der Waals surface area contributed by atoms with E-state index >= 15 is 0 Å². The van der Waals surface area contributed by atoms with Crippen molar-refractivity contribution in [2.45, 2.75) is 39.1 Å². The highest BCUT2D eigenvalue weighted by Crippen LogP contribution is 2.33. The zero-order valence-corrected chi connectivity index (χ0v) is 15.2. The molecule has 0 fully saturated rings. The van der Waals surface area contributed by atoms with Gasteiger partial charge in [0.15, 0.2) is 0 Å². The second-order valence-corrected chi connectivity index (χ2v) is 7.86. The molecule has 2 atom stereocenters. The van der Waals surface area contributed by atoms with E-state index in [2.05, 4.69) is 0 Å². The Balaban J connectivity index is 1.59. The Morgan fingerprint density at radius 2 is 1.26 bits per heavy atom. The van der Waals surface area contributed by atoms with Crippen LogP contribution in [0.2, 0.25) is 0 Å². The molecule has 0 bridgehead atoms. The van der Waals surface area contributed by atoms with Gasteiger partial charge in [-0.2, -0.15) is 0 Å². The van der Waals surface area contributed by atoms with Gasteiger partial charge in [-0.3, -0.25) is 0 Å². The summed E-state index contributed by atoms with van der Waals surface area (Å²) in [5.41, 5.74) is 1.84. The van der Waals surface area contributed by atoms with Gasteiger partial charge in [-0.15, -0.1) is 0 Å². The summed E-state index contributed by atoms with van der Waals surface area (Å²) in [6, 6.07) is 6.59. The summed E-state index contributed by atoms with van der Waals surface area (Å²) in [7, 11) is 0. The maximum absolute atomic E-state index is 13.4. The molecule has 2 aliphatic heterocycles. The van der Waals surface area contributed by atoms with Gasteiger partial charge in [0.1, 0.15) is 11.6 Å². The molecule has 0 amide bonds. The maximum atomic E-state index is 13.4. The molecule has 0 saturated heterocycles. The second kappa shape index (κ2) is 6.71. The van der Waals surface area contributed by atoms with E-state index in [1.165, 1.54) is 24.3 Å². The quantitative estimate of drug-likeness (QED) is 0.785. The third-order valence-electron chi connectivity index (χ3n) is 5.76. The molecule has 2 aliphatic rings. The predicted octanol–water partition coefficient (Wildman–Crippen LogP) is 0.949. The van der Waals surface area contributed by atoms with Crippen LogP contribution in [0.5, 0.6) is 0 Å². The van der Waals surface area contributed by atoms with Crippen molar-refractivity contribution in [1.82, 2.24) is 0 Å². The zero-order valence-electron chi connectivity index (χ0n) is 15.2. The lowest BCUT2D eigenvalue weighted by Gasteiger charge is -2.38. The van der Waals surface area contributed by atoms with E-state index in [0.717, 1.165) is 10.9 Å². The minimum atomic E-state index is -1.05. The standard InChI is InChI=1S/C19H20B2F2O4/c1-19(2,17(24)20-15-5-3-13(22)7-11(15)9-26-20)18(25)21-16-6-4-14(23)8-12(16)10-27-21/h3-8,17-18,24-25H,9-10H2,1-2H3. The van der Waals surface area contributed by atoms with E-state index in [-0.39, 0.29) is 24.8 Å². The highest BCUT2D eigenvalue weighted by molar-refractivity contribution is 6.72. The fraction of sp³-hybridized carbons (Fsp3) is 0.368. The number of hydrogen-bond donors (Lipinski definition) is 2. The normalized spacial score (nSPS) is 18.4. The van der Waals surface area contributed by atoms with Crippen LogP contribution >= 0.6 is 0 Å². The fourth-order valence-corrected chi connectivity index (χ4v) is 3.97. The lowest BCUT2D eigenvalue weighted by Crippen LogP contribution is -2.59. The van der Waals surface area contributed by atoms with Crippen molar-refractivity contribution >= 4 is 24.8 Å². The van der Waals surface area contributed by atoms with E-state index < -0.39 is 31.3 Å². The Labute approximate surface area is 157 Å². The molecule has 27 heavy (non-hydrogen) atoms. The summed E-state index contributed by atoms with van der Waals surface area (Å²) in [5, 5.41) is 22.0. The van der Waals surface area contributed by atoms with Crippen LogP contribution in [0.25, 0.3) is 0 Å². The van der Waals surface area contributed by atoms with Crippen molar-refractivity contribution in [2.75, 3.05) is 0 Å². The van der Waals surface area contributed by atoms with Gasteiger partial charge in [-0.25, -0.2) is 8.78 Å². The second-order valence-electron chi connectivity index (χ2n) is 7.86. The van der Waals surface area contributed by atoms with Crippen molar-refractivity contribution in [1.29, 1.82) is 0 Å². The Morgan fingerprint density at radius 3 is 1.67 bits per heavy atom. The van der Waals surface area contributed by atoms with Gasteiger partial charge >= 0.3 is 13.8 Å². The maximum Gasteiger partial charge on any atom is 0.357 e. The first-order valence-electron chi connectivity index (χ1n) is 8.95. The minimum absolute atomic E-state index is 0.211. The summed E-state index contributed by atoms with van der Waals surface area (Å²) in [5.74, 6) is -0.704. The molecule has 140 valence electrons. The largest absolute Gasteiger partial charge is 0.425 e. The van der Waals surface area contributed by atoms with E-state index in [0.29, 0.717) is 11.1 Å². The third-order valence-corrected chi connectivity index (χ3v) is 5.76. The Kier molecular flexibility index (Phi) is 4.63. The highest BCUT2D eigenvalue weighted by Gasteiger charge is 2.51. The van der Waals surface area contributed by atoms with E-state index in [1.807, 2.05) is 0 Å². The molecular formula is C19H20B2F2O4. The molecule has 2 unspecified atom stereocenters. The van der Waals surface area contributed by atoms with Gasteiger partial charge < -0.3 is 19.5 Å². The Hall–Kier alpha value is -1.73. The van der Waals surface area contributed by atoms with E-state index in [1.54, 1.807) is 26.0 Å². The predicted molar refractivity (Wildman–Crippen MR) is 98.9 cm³/mol. The Bertz CT molecular complexity index is 807. The third kappa shape index (κ3) is 3.10. The van der Waals surface area contributed by atoms with Gasteiger partial charge in [0, 0.05) is 5.41 Å². The van der Waals surface area contributed by atoms with Gasteiger partial charge in [-0.05, 0) is 46.3 Å². The van der Waals surface area contributed by atoms with Gasteiger partial charge in [0.2, 0.25) is 0 Å². The summed E-state index contributed by atoms with van der Waals surface area (Å²) in [6.07, 6.45) is 0. The average molecular weight is 372 g/mol. The van der Waals surface area contributed by atoms with Crippen LogP contribution < -0.4 is 10.9 Å². The van der Waals surface area contributed by atoms with Crippen LogP contribution in [0.15, 0.2) is 36.4 Å². The van der Waals surface area contributed by atoms with E-state index in [4.69, 9.17) is 9.31 Å². The van der Waals surface area contributed by atoms with Gasteiger partial charge in [0.25, 0.3) is 0 Å². The van der Waals surface area contributed by atoms with Gasteiger partial charge in [-0.1, -0.05) is 26.0 Å². The molecule has 2 N–H and O–H groups in total. The van der Waals surface area contributed by atoms with Crippen LogP contribution in [-0.4, -0.2) is 36.1 Å². The van der Waals surface area contributed by atoms with Crippen LogP contribution in [-0.2, 0) is 22.5 Å². The molecule has 2 aromatic carbocycles. The molecule has 0 aromatic heterocycles. The molecule has 4 rings (SSSR count). The van der Waals surface area contributed by atoms with Crippen molar-refractivity contribution in [3.05, 3.63) is 59.2 Å². The average Bonchev–Trinajstić information content (AvgIpc) is 3.23. The minimum Gasteiger partial charge on any atom is -0.425 e. The molecule has 0 radical (unpaired) electrons.